The number of nitrogens with one attached hydrogen (secondary N) is 1. The monoisotopic (exact) mass is 459 g/mol. The molecule has 0 atom stereocenters. The molecule has 3 rings (SSSR count). The van der Waals surface area contributed by atoms with Crippen molar-refractivity contribution in [3.8, 4) is 11.5 Å². The predicted molar refractivity (Wildman–Crippen MR) is 123 cm³/mol. The number of hydrogen-bond acceptors (Lipinski definition) is 8. The third-order valence-electron chi connectivity index (χ3n) is 4.16. The second-order valence-corrected chi connectivity index (χ2v) is 7.72. The molecule has 0 bridgehead atoms. The molecule has 0 unspecified atom stereocenters. The van der Waals surface area contributed by atoms with Crippen LogP contribution in [0.25, 0.3) is 0 Å². The molecule has 162 valence electrons. The lowest BCUT2D eigenvalue weighted by Crippen LogP contribution is -2.03. The Morgan fingerprint density at radius 1 is 1.26 bits per heavy atom. The average molecular weight is 460 g/mol. The first-order valence-electron chi connectivity index (χ1n) is 9.49. The van der Waals surface area contributed by atoms with Crippen LogP contribution in [0.4, 0.5) is 5.13 Å². The number of ether oxygens (including phenoxy) is 3. The molecule has 0 saturated heterocycles. The third kappa shape index (κ3) is 5.96. The maximum Gasteiger partial charge on any atom is 0.350 e. The van der Waals surface area contributed by atoms with Crippen molar-refractivity contribution in [2.45, 2.75) is 20.5 Å². The van der Waals surface area contributed by atoms with Gasteiger partial charge in [0, 0.05) is 10.6 Å². The maximum atomic E-state index is 11.9. The zero-order valence-electron chi connectivity index (χ0n) is 17.3. The van der Waals surface area contributed by atoms with Gasteiger partial charge in [0.1, 0.15) is 11.5 Å². The Morgan fingerprint density at radius 3 is 2.81 bits per heavy atom. The summed E-state index contributed by atoms with van der Waals surface area (Å²) in [6, 6.07) is 13.0. The topological polar surface area (TPSA) is 82.0 Å². The van der Waals surface area contributed by atoms with Crippen LogP contribution in [0.15, 0.2) is 47.6 Å². The first kappa shape index (κ1) is 22.6. The largest absolute Gasteiger partial charge is 0.493 e. The second-order valence-electron chi connectivity index (χ2n) is 6.31. The van der Waals surface area contributed by atoms with Gasteiger partial charge < -0.3 is 14.2 Å². The van der Waals surface area contributed by atoms with E-state index in [1.165, 1.54) is 11.3 Å². The van der Waals surface area contributed by atoms with Crippen molar-refractivity contribution in [2.24, 2.45) is 5.10 Å². The van der Waals surface area contributed by atoms with Gasteiger partial charge in [-0.2, -0.15) is 5.10 Å². The van der Waals surface area contributed by atoms with Crippen LogP contribution in [0, 0.1) is 6.92 Å². The van der Waals surface area contributed by atoms with E-state index >= 15 is 0 Å². The highest BCUT2D eigenvalue weighted by Crippen LogP contribution is 2.29. The molecule has 0 aliphatic carbocycles. The normalized spacial score (nSPS) is 10.8. The quantitative estimate of drug-likeness (QED) is 0.265. The van der Waals surface area contributed by atoms with Gasteiger partial charge in [-0.15, -0.1) is 0 Å². The molecule has 0 aliphatic rings. The van der Waals surface area contributed by atoms with Crippen LogP contribution in [0.3, 0.4) is 0 Å². The minimum atomic E-state index is -0.383. The van der Waals surface area contributed by atoms with Crippen LogP contribution in [-0.4, -0.2) is 30.9 Å². The van der Waals surface area contributed by atoms with Crippen molar-refractivity contribution in [1.29, 1.82) is 0 Å². The number of aryl methyl sites for hydroxylation is 1. The molecule has 3 aromatic rings. The molecule has 2 aromatic carbocycles. The van der Waals surface area contributed by atoms with E-state index in [1.807, 2.05) is 42.5 Å². The number of carbonyl (C=O) groups is 1. The predicted octanol–water partition coefficient (Wildman–Crippen LogP) is 5.32. The van der Waals surface area contributed by atoms with E-state index in [9.17, 15) is 4.79 Å². The number of methoxy groups -OCH3 is 1. The molecule has 1 aromatic heterocycles. The van der Waals surface area contributed by atoms with E-state index in [0.29, 0.717) is 45.4 Å². The van der Waals surface area contributed by atoms with Crippen molar-refractivity contribution in [3.05, 3.63) is 69.2 Å². The van der Waals surface area contributed by atoms with Gasteiger partial charge in [-0.05, 0) is 43.7 Å². The van der Waals surface area contributed by atoms with Crippen LogP contribution >= 0.6 is 22.9 Å². The summed E-state index contributed by atoms with van der Waals surface area (Å²) in [6.07, 6.45) is 1.63. The number of esters is 1. The number of halogens is 1. The average Bonchev–Trinajstić information content (AvgIpc) is 3.14. The summed E-state index contributed by atoms with van der Waals surface area (Å²) in [5.41, 5.74) is 5.13. The summed E-state index contributed by atoms with van der Waals surface area (Å²) in [5, 5.41) is 5.34. The zero-order valence-corrected chi connectivity index (χ0v) is 18.9. The number of anilines is 1. The van der Waals surface area contributed by atoms with Gasteiger partial charge >= 0.3 is 5.97 Å². The van der Waals surface area contributed by atoms with Gasteiger partial charge in [0.2, 0.25) is 5.13 Å². The summed E-state index contributed by atoms with van der Waals surface area (Å²) >= 11 is 7.37. The summed E-state index contributed by atoms with van der Waals surface area (Å²) in [7, 11) is 1.58. The first-order chi connectivity index (χ1) is 15.0. The van der Waals surface area contributed by atoms with E-state index in [-0.39, 0.29) is 5.97 Å². The lowest BCUT2D eigenvalue weighted by atomic mass is 10.2. The smallest absolute Gasteiger partial charge is 0.350 e. The number of hydrazone groups is 1. The summed E-state index contributed by atoms with van der Waals surface area (Å²) in [4.78, 5) is 16.6. The number of thiazole rings is 1. The Balaban J connectivity index is 1.64. The number of carbonyl (C=O) groups excluding carboxylic acids is 1. The van der Waals surface area contributed by atoms with Crippen molar-refractivity contribution in [2.75, 3.05) is 19.1 Å². The minimum absolute atomic E-state index is 0.316. The molecule has 0 saturated carbocycles. The first-order valence-corrected chi connectivity index (χ1v) is 10.7. The Bertz CT molecular complexity index is 1080. The Morgan fingerprint density at radius 2 is 2.06 bits per heavy atom. The molecule has 0 radical (unpaired) electrons. The SMILES string of the molecule is CCOC(=O)c1sc(N/N=C/c2ccc(OCc3ccccc3Cl)c(OC)c2)nc1C. The minimum Gasteiger partial charge on any atom is -0.493 e. The molecule has 1 heterocycles. The fourth-order valence-electron chi connectivity index (χ4n) is 2.65. The molecular weight excluding hydrogens is 438 g/mol. The fourth-order valence-corrected chi connectivity index (χ4v) is 3.65. The highest BCUT2D eigenvalue weighted by Gasteiger charge is 2.16. The summed E-state index contributed by atoms with van der Waals surface area (Å²) in [5.74, 6) is 0.791. The van der Waals surface area contributed by atoms with Crippen LogP contribution in [-0.2, 0) is 11.3 Å². The van der Waals surface area contributed by atoms with Crippen molar-refractivity contribution >= 4 is 40.3 Å². The Kier molecular flexibility index (Phi) is 7.86. The highest BCUT2D eigenvalue weighted by molar-refractivity contribution is 7.17. The summed E-state index contributed by atoms with van der Waals surface area (Å²) in [6.45, 7) is 4.16. The number of hydrogen-bond donors (Lipinski definition) is 1. The molecule has 0 amide bonds. The molecule has 31 heavy (non-hydrogen) atoms. The van der Waals surface area contributed by atoms with Crippen LogP contribution in [0.5, 0.6) is 11.5 Å². The van der Waals surface area contributed by atoms with Crippen LogP contribution in [0.2, 0.25) is 5.02 Å². The van der Waals surface area contributed by atoms with Gasteiger partial charge in [0.25, 0.3) is 0 Å². The fraction of sp³-hybridized carbons (Fsp3) is 0.227. The molecule has 7 nitrogen and oxygen atoms in total. The molecule has 0 spiro atoms. The number of rotatable bonds is 9. The van der Waals surface area contributed by atoms with Gasteiger partial charge in [0.15, 0.2) is 11.5 Å². The van der Waals surface area contributed by atoms with Crippen molar-refractivity contribution < 1.29 is 19.0 Å². The third-order valence-corrected chi connectivity index (χ3v) is 5.57. The Labute approximate surface area is 189 Å². The summed E-state index contributed by atoms with van der Waals surface area (Å²) < 4.78 is 16.3. The van der Waals surface area contributed by atoms with Gasteiger partial charge in [-0.25, -0.2) is 9.78 Å². The Hall–Kier alpha value is -3.10. The standard InChI is InChI=1S/C22H22ClN3O4S/c1-4-29-21(27)20-14(2)25-22(31-20)26-24-12-15-9-10-18(19(11-15)28-3)30-13-16-7-5-6-8-17(16)23/h5-12H,4,13H2,1-3H3,(H,25,26)/b24-12+. The molecular formula is C22H22ClN3O4S. The lowest BCUT2D eigenvalue weighted by Gasteiger charge is -2.12. The number of nitrogens with zero attached hydrogens (tertiary/aromatic N) is 2. The lowest BCUT2D eigenvalue weighted by molar-refractivity contribution is 0.0531. The van der Waals surface area contributed by atoms with Crippen molar-refractivity contribution in [1.82, 2.24) is 4.98 Å². The van der Waals surface area contributed by atoms with Crippen molar-refractivity contribution in [3.63, 3.8) is 0 Å². The van der Waals surface area contributed by atoms with E-state index in [0.717, 1.165) is 11.1 Å². The van der Waals surface area contributed by atoms with Gasteiger partial charge in [-0.1, -0.05) is 41.1 Å². The molecule has 1 N–H and O–H groups in total. The number of benzene rings is 2. The van der Waals surface area contributed by atoms with E-state index in [2.05, 4.69) is 15.5 Å². The van der Waals surface area contributed by atoms with E-state index in [4.69, 9.17) is 25.8 Å². The van der Waals surface area contributed by atoms with Crippen LogP contribution < -0.4 is 14.9 Å². The zero-order chi connectivity index (χ0) is 22.2. The van der Waals surface area contributed by atoms with Crippen LogP contribution in [0.1, 0.15) is 33.4 Å². The van der Waals surface area contributed by atoms with Gasteiger partial charge in [-0.3, -0.25) is 5.43 Å². The second kappa shape index (κ2) is 10.8. The maximum absolute atomic E-state index is 11.9. The highest BCUT2D eigenvalue weighted by atomic mass is 35.5. The molecule has 0 fully saturated rings. The van der Waals surface area contributed by atoms with E-state index < -0.39 is 0 Å². The molecule has 0 aliphatic heterocycles. The number of aromatic nitrogens is 1. The van der Waals surface area contributed by atoms with Gasteiger partial charge in [0.05, 0.1) is 25.6 Å². The van der Waals surface area contributed by atoms with E-state index in [1.54, 1.807) is 27.2 Å². The molecule has 9 heteroatoms.